The lowest BCUT2D eigenvalue weighted by Crippen LogP contribution is -1.81. The van der Waals surface area contributed by atoms with Gasteiger partial charge in [-0.1, -0.05) is 18.2 Å². The zero-order valence-corrected chi connectivity index (χ0v) is 8.88. The van der Waals surface area contributed by atoms with E-state index in [4.69, 9.17) is 8.83 Å². The van der Waals surface area contributed by atoms with Gasteiger partial charge in [0.1, 0.15) is 0 Å². The third-order valence-electron chi connectivity index (χ3n) is 3.03. The summed E-state index contributed by atoms with van der Waals surface area (Å²) < 4.78 is 10.6. The molecule has 2 aromatic heterocycles. The van der Waals surface area contributed by atoms with Crippen LogP contribution in [-0.4, -0.2) is 4.98 Å². The average Bonchev–Trinajstić information content (AvgIpc) is 2.86. The summed E-state index contributed by atoms with van der Waals surface area (Å²) in [7, 11) is 0. The fourth-order valence-corrected chi connectivity index (χ4v) is 2.23. The van der Waals surface area contributed by atoms with Crippen LogP contribution in [0.4, 0.5) is 0 Å². The molecule has 0 bridgehead atoms. The van der Waals surface area contributed by atoms with E-state index in [9.17, 15) is 0 Å². The van der Waals surface area contributed by atoms with Gasteiger partial charge in [-0.25, -0.2) is 0 Å². The van der Waals surface area contributed by atoms with E-state index in [1.807, 2.05) is 36.5 Å². The summed E-state index contributed by atoms with van der Waals surface area (Å²) in [6.07, 6.45) is 1.83. The first-order chi connectivity index (χ1) is 8.43. The van der Waals surface area contributed by atoms with Crippen LogP contribution in [0.1, 0.15) is 0 Å². The van der Waals surface area contributed by atoms with Gasteiger partial charge in [0, 0.05) is 17.6 Å². The second kappa shape index (κ2) is 3.04. The summed E-state index contributed by atoms with van der Waals surface area (Å²) in [6.45, 7) is 1.35. The Hall–Kier alpha value is -2.42. The van der Waals surface area contributed by atoms with Crippen LogP contribution < -0.4 is 0 Å². The lowest BCUT2D eigenvalue weighted by atomic mass is 10.1. The quantitative estimate of drug-likeness (QED) is 0.333. The molecule has 0 unspecified atom stereocenters. The Balaban J connectivity index is 2.34. The first-order valence-corrected chi connectivity index (χ1v) is 5.39. The molecular formula is C14H8NO2+. The third kappa shape index (κ3) is 1.11. The number of hydrogen-bond acceptors (Lipinski definition) is 2. The van der Waals surface area contributed by atoms with Gasteiger partial charge in [-0.2, -0.15) is 0 Å². The van der Waals surface area contributed by atoms with Gasteiger partial charge in [-0.15, -0.1) is 0 Å². The summed E-state index contributed by atoms with van der Waals surface area (Å²) in [5.41, 5.74) is 2.48. The molecule has 0 aliphatic heterocycles. The van der Waals surface area contributed by atoms with Crippen molar-refractivity contribution in [1.82, 2.24) is 4.98 Å². The molecule has 0 atom stereocenters. The van der Waals surface area contributed by atoms with E-state index in [-0.39, 0.29) is 0 Å². The molecule has 0 aliphatic carbocycles. The topological polar surface area (TPSA) is 37.3 Å². The maximum Gasteiger partial charge on any atom is 0.485 e. The molecule has 4 rings (SSSR count). The van der Waals surface area contributed by atoms with Crippen LogP contribution >= 0.6 is 0 Å². The maximum absolute atomic E-state index is 5.37. The van der Waals surface area contributed by atoms with Gasteiger partial charge in [0.15, 0.2) is 0 Å². The number of hydrogen-bond donors (Lipinski definition) is 0. The molecule has 0 aliphatic rings. The fraction of sp³-hybridized carbons (Fsp3) is 0. The average molecular weight is 222 g/mol. The zero-order chi connectivity index (χ0) is 11.2. The number of pyridine rings is 1. The van der Waals surface area contributed by atoms with Crippen molar-refractivity contribution < 1.29 is 8.83 Å². The predicted octanol–water partition coefficient (Wildman–Crippen LogP) is 4.01. The molecule has 0 fully saturated rings. The maximum atomic E-state index is 5.37. The summed E-state index contributed by atoms with van der Waals surface area (Å²) >= 11 is 0. The molecule has 2 heterocycles. The summed E-state index contributed by atoms with van der Waals surface area (Å²) in [5.74, 6) is 0. The minimum absolute atomic E-state index is 0.745. The van der Waals surface area contributed by atoms with Crippen molar-refractivity contribution in [1.29, 1.82) is 0 Å². The third-order valence-corrected chi connectivity index (χ3v) is 3.03. The lowest BCUT2D eigenvalue weighted by Gasteiger charge is -2.00. The van der Waals surface area contributed by atoms with Gasteiger partial charge in [0.2, 0.25) is 0 Å². The van der Waals surface area contributed by atoms with Crippen molar-refractivity contribution in [3.63, 3.8) is 0 Å². The standard InChI is InChI=1S/C14H8NO2/c1-2-4-12-10(3-1)9-5-6-13-14(17-8-16-13)11(9)7-15-12/h1-8H/q+1. The Morgan fingerprint density at radius 3 is 2.88 bits per heavy atom. The molecule has 0 amide bonds. The first kappa shape index (κ1) is 8.70. The van der Waals surface area contributed by atoms with Gasteiger partial charge in [-0.3, -0.25) is 13.8 Å². The normalized spacial score (nSPS) is 11.5. The highest BCUT2D eigenvalue weighted by Crippen LogP contribution is 2.30. The van der Waals surface area contributed by atoms with Crippen LogP contribution in [0.15, 0.2) is 57.9 Å². The first-order valence-electron chi connectivity index (χ1n) is 5.39. The van der Waals surface area contributed by atoms with E-state index < -0.39 is 0 Å². The molecule has 0 spiro atoms. The molecule has 17 heavy (non-hydrogen) atoms. The minimum Gasteiger partial charge on any atom is -0.272 e. The number of nitrogens with zero attached hydrogens (tertiary/aromatic N) is 1. The number of aromatic nitrogens is 1. The van der Waals surface area contributed by atoms with E-state index in [0.29, 0.717) is 0 Å². The van der Waals surface area contributed by atoms with Crippen molar-refractivity contribution in [3.05, 3.63) is 49.1 Å². The van der Waals surface area contributed by atoms with Crippen LogP contribution in [0.3, 0.4) is 0 Å². The van der Waals surface area contributed by atoms with Crippen LogP contribution in [0, 0.1) is 0 Å². The summed E-state index contributed by atoms with van der Waals surface area (Å²) in [6, 6.07) is 12.0. The Labute approximate surface area is 96.3 Å². The number of para-hydroxylation sites is 1. The molecular weight excluding hydrogens is 214 g/mol. The monoisotopic (exact) mass is 222 g/mol. The minimum atomic E-state index is 0.745. The molecule has 0 N–H and O–H groups in total. The molecule has 0 saturated carbocycles. The largest absolute Gasteiger partial charge is 0.485 e. The number of rotatable bonds is 0. The van der Waals surface area contributed by atoms with Gasteiger partial charge in [0.25, 0.3) is 0 Å². The number of benzene rings is 2. The zero-order valence-electron chi connectivity index (χ0n) is 8.88. The van der Waals surface area contributed by atoms with Crippen molar-refractivity contribution in [3.8, 4) is 0 Å². The lowest BCUT2D eigenvalue weighted by molar-refractivity contribution is 0.469. The van der Waals surface area contributed by atoms with Gasteiger partial charge >= 0.3 is 17.6 Å². The highest BCUT2D eigenvalue weighted by molar-refractivity contribution is 6.13. The second-order valence-electron chi connectivity index (χ2n) is 3.96. The van der Waals surface area contributed by atoms with Crippen molar-refractivity contribution in [2.75, 3.05) is 0 Å². The van der Waals surface area contributed by atoms with Gasteiger partial charge in [0.05, 0.1) is 10.9 Å². The Bertz CT molecular complexity index is 848. The molecule has 0 saturated heterocycles. The van der Waals surface area contributed by atoms with E-state index >= 15 is 0 Å². The molecule has 80 valence electrons. The number of fused-ring (bicyclic) bond motifs is 5. The van der Waals surface area contributed by atoms with E-state index in [0.717, 1.165) is 32.8 Å². The van der Waals surface area contributed by atoms with Crippen LogP contribution in [-0.2, 0) is 0 Å². The molecule has 4 aromatic rings. The predicted molar refractivity (Wildman–Crippen MR) is 65.7 cm³/mol. The second-order valence-corrected chi connectivity index (χ2v) is 3.96. The highest BCUT2D eigenvalue weighted by Gasteiger charge is 2.15. The summed E-state index contributed by atoms with van der Waals surface area (Å²) in [4.78, 5) is 4.44. The van der Waals surface area contributed by atoms with E-state index in [1.165, 1.54) is 6.46 Å². The van der Waals surface area contributed by atoms with Crippen LogP contribution in [0.25, 0.3) is 32.8 Å². The van der Waals surface area contributed by atoms with E-state index in [1.54, 1.807) is 0 Å². The van der Waals surface area contributed by atoms with Crippen molar-refractivity contribution >= 4 is 32.8 Å². The van der Waals surface area contributed by atoms with Gasteiger partial charge in [-0.05, 0) is 17.5 Å². The van der Waals surface area contributed by atoms with E-state index in [2.05, 4.69) is 11.1 Å². The van der Waals surface area contributed by atoms with Crippen LogP contribution in [0.5, 0.6) is 0 Å². The molecule has 2 aromatic carbocycles. The molecule has 3 heteroatoms. The Morgan fingerprint density at radius 1 is 0.941 bits per heavy atom. The molecule has 0 radical (unpaired) electrons. The van der Waals surface area contributed by atoms with Crippen molar-refractivity contribution in [2.45, 2.75) is 0 Å². The smallest absolute Gasteiger partial charge is 0.272 e. The summed E-state index contributed by atoms with van der Waals surface area (Å²) in [5, 5.41) is 3.24. The molecule has 3 nitrogen and oxygen atoms in total. The SMILES string of the molecule is c1ccc2c(c1)ncc1c2ccc2oc[o+]c21. The Kier molecular flexibility index (Phi) is 1.56. The fourth-order valence-electron chi connectivity index (χ4n) is 2.23. The Morgan fingerprint density at radius 2 is 1.88 bits per heavy atom. The highest BCUT2D eigenvalue weighted by atomic mass is 16.5. The van der Waals surface area contributed by atoms with Crippen LogP contribution in [0.2, 0.25) is 0 Å². The van der Waals surface area contributed by atoms with Gasteiger partial charge < -0.3 is 0 Å². The van der Waals surface area contributed by atoms with Crippen molar-refractivity contribution in [2.24, 2.45) is 0 Å².